The summed E-state index contributed by atoms with van der Waals surface area (Å²) < 4.78 is 40.9. The molecule has 2 aliphatic rings. The zero-order chi connectivity index (χ0) is 20.9. The van der Waals surface area contributed by atoms with Crippen LogP contribution in [-0.2, 0) is 10.3 Å². The van der Waals surface area contributed by atoms with E-state index in [2.05, 4.69) is 10.2 Å². The Bertz CT molecular complexity index is 1060. The maximum Gasteiger partial charge on any atom is 0.167 e. The molecule has 7 heteroatoms. The van der Waals surface area contributed by atoms with Gasteiger partial charge >= 0.3 is 0 Å². The molecule has 2 atom stereocenters. The molecule has 2 saturated carbocycles. The number of hydrogen-bond donors (Lipinski definition) is 0. The lowest BCUT2D eigenvalue weighted by atomic mass is 9.78. The molecule has 0 amide bonds. The van der Waals surface area contributed by atoms with Gasteiger partial charge in [0.15, 0.2) is 5.65 Å². The van der Waals surface area contributed by atoms with Crippen LogP contribution in [0, 0.1) is 12.7 Å². The van der Waals surface area contributed by atoms with Crippen molar-refractivity contribution in [2.24, 2.45) is 0 Å². The predicted molar refractivity (Wildman–Crippen MR) is 108 cm³/mol. The molecule has 0 bridgehead atoms. The molecule has 0 saturated heterocycles. The molecule has 0 spiro atoms. The Balaban J connectivity index is 1.31. The van der Waals surface area contributed by atoms with E-state index in [1.54, 1.807) is 7.11 Å². The van der Waals surface area contributed by atoms with Crippen molar-refractivity contribution >= 4 is 5.65 Å². The van der Waals surface area contributed by atoms with Gasteiger partial charge in [-0.05, 0) is 62.8 Å². The van der Waals surface area contributed by atoms with Crippen molar-refractivity contribution < 1.29 is 18.3 Å². The van der Waals surface area contributed by atoms with E-state index < -0.39 is 11.8 Å². The first kappa shape index (κ1) is 19.4. The van der Waals surface area contributed by atoms with E-state index in [0.29, 0.717) is 12.2 Å². The number of benzene rings is 1. The number of methoxy groups -OCH3 is 1. The Hall–Kier alpha value is -2.54. The van der Waals surface area contributed by atoms with Gasteiger partial charge in [0.05, 0.1) is 17.6 Å². The standard InChI is InChI=1S/C23H25F2N3O2/c1-14-20(9-12-28-21(14)26-27-22(28)18-13-19(18)25)30-17-7-10-23(29-2,11-8-17)15-3-5-16(24)6-4-15/h3-6,9,12,17-19H,7-8,10-11,13H2,1-2H3/t17-,18-,19-,23+/m0/s1. The largest absolute Gasteiger partial charge is 0.490 e. The molecule has 2 fully saturated rings. The van der Waals surface area contributed by atoms with Crippen molar-refractivity contribution in [1.82, 2.24) is 14.6 Å². The molecule has 2 heterocycles. The quantitative estimate of drug-likeness (QED) is 0.599. The average Bonchev–Trinajstić information content (AvgIpc) is 3.32. The number of aryl methyl sites for hydroxylation is 1. The van der Waals surface area contributed by atoms with E-state index >= 15 is 0 Å². The summed E-state index contributed by atoms with van der Waals surface area (Å²) in [7, 11) is 1.72. The first-order valence-electron chi connectivity index (χ1n) is 10.5. The fraction of sp³-hybridized carbons (Fsp3) is 0.478. The summed E-state index contributed by atoms with van der Waals surface area (Å²) >= 11 is 0. The van der Waals surface area contributed by atoms with Crippen molar-refractivity contribution in [3.63, 3.8) is 0 Å². The van der Waals surface area contributed by atoms with Crippen LogP contribution in [0.25, 0.3) is 5.65 Å². The number of rotatable bonds is 5. The van der Waals surface area contributed by atoms with Crippen LogP contribution in [0.3, 0.4) is 0 Å². The van der Waals surface area contributed by atoms with Crippen molar-refractivity contribution in [3.05, 3.63) is 59.3 Å². The van der Waals surface area contributed by atoms with Gasteiger partial charge in [0.1, 0.15) is 23.6 Å². The number of ether oxygens (including phenoxy) is 2. The molecule has 1 aromatic carbocycles. The van der Waals surface area contributed by atoms with Crippen LogP contribution in [0.4, 0.5) is 8.78 Å². The van der Waals surface area contributed by atoms with E-state index in [9.17, 15) is 8.78 Å². The van der Waals surface area contributed by atoms with Crippen molar-refractivity contribution in [3.8, 4) is 5.75 Å². The molecular weight excluding hydrogens is 388 g/mol. The Morgan fingerprint density at radius 3 is 2.43 bits per heavy atom. The van der Waals surface area contributed by atoms with Crippen LogP contribution in [0.2, 0.25) is 0 Å². The topological polar surface area (TPSA) is 48.7 Å². The second-order valence-electron chi connectivity index (χ2n) is 8.44. The van der Waals surface area contributed by atoms with Gasteiger partial charge in [-0.2, -0.15) is 0 Å². The summed E-state index contributed by atoms with van der Waals surface area (Å²) in [5.74, 6) is 1.09. The number of alkyl halides is 1. The minimum Gasteiger partial charge on any atom is -0.490 e. The van der Waals surface area contributed by atoms with Crippen LogP contribution in [0.15, 0.2) is 36.5 Å². The summed E-state index contributed by atoms with van der Waals surface area (Å²) in [6.45, 7) is 1.96. The molecule has 0 aliphatic heterocycles. The first-order chi connectivity index (χ1) is 14.5. The monoisotopic (exact) mass is 413 g/mol. The number of hydrogen-bond acceptors (Lipinski definition) is 4. The maximum absolute atomic E-state index is 13.5. The van der Waals surface area contributed by atoms with Gasteiger partial charge < -0.3 is 9.47 Å². The smallest absolute Gasteiger partial charge is 0.167 e. The lowest BCUT2D eigenvalue weighted by Gasteiger charge is -2.39. The van der Waals surface area contributed by atoms with Gasteiger partial charge in [-0.1, -0.05) is 12.1 Å². The van der Waals surface area contributed by atoms with E-state index in [1.807, 2.05) is 35.7 Å². The van der Waals surface area contributed by atoms with Crippen LogP contribution in [-0.4, -0.2) is 34.0 Å². The zero-order valence-electron chi connectivity index (χ0n) is 17.1. The van der Waals surface area contributed by atoms with Crippen molar-refractivity contribution in [1.29, 1.82) is 0 Å². The molecule has 5 rings (SSSR count). The third kappa shape index (κ3) is 3.25. The van der Waals surface area contributed by atoms with Gasteiger partial charge in [-0.3, -0.25) is 4.40 Å². The highest BCUT2D eigenvalue weighted by molar-refractivity contribution is 5.54. The van der Waals surface area contributed by atoms with E-state index in [0.717, 1.165) is 48.2 Å². The normalized spacial score (nSPS) is 28.6. The van der Waals surface area contributed by atoms with Gasteiger partial charge in [-0.15, -0.1) is 10.2 Å². The average molecular weight is 413 g/mol. The predicted octanol–water partition coefficient (Wildman–Crippen LogP) is 4.87. The van der Waals surface area contributed by atoms with Gasteiger partial charge in [0.2, 0.25) is 0 Å². The van der Waals surface area contributed by atoms with Crippen LogP contribution in [0.5, 0.6) is 5.75 Å². The Labute approximate surface area is 174 Å². The molecular formula is C23H25F2N3O2. The SMILES string of the molecule is CO[C@]1(c2ccc(F)cc2)CC[C@H](Oc2ccn3c([C@H]4C[C@@H]4F)nnc3c2C)CC1. The van der Waals surface area contributed by atoms with Crippen LogP contribution >= 0.6 is 0 Å². The highest BCUT2D eigenvalue weighted by atomic mass is 19.1. The van der Waals surface area contributed by atoms with Gasteiger partial charge in [0, 0.05) is 18.9 Å². The Kier molecular flexibility index (Phi) is 4.73. The van der Waals surface area contributed by atoms with E-state index in [4.69, 9.17) is 9.47 Å². The summed E-state index contributed by atoms with van der Waals surface area (Å²) in [6, 6.07) is 8.50. The molecule has 3 aromatic rings. The number of fused-ring (bicyclic) bond motifs is 1. The summed E-state index contributed by atoms with van der Waals surface area (Å²) in [6.07, 6.45) is 4.92. The van der Waals surface area contributed by atoms with E-state index in [-0.39, 0.29) is 17.8 Å². The van der Waals surface area contributed by atoms with Gasteiger partial charge in [-0.25, -0.2) is 8.78 Å². The molecule has 158 valence electrons. The molecule has 2 aromatic heterocycles. The molecule has 0 N–H and O–H groups in total. The third-order valence-electron chi connectivity index (χ3n) is 6.64. The zero-order valence-corrected chi connectivity index (χ0v) is 17.1. The Morgan fingerprint density at radius 1 is 1.10 bits per heavy atom. The number of nitrogens with zero attached hydrogens (tertiary/aromatic N) is 3. The molecule has 5 nitrogen and oxygen atoms in total. The number of pyridine rings is 1. The second-order valence-corrected chi connectivity index (χ2v) is 8.44. The number of aromatic nitrogens is 3. The number of halogens is 2. The fourth-order valence-electron chi connectivity index (χ4n) is 4.61. The van der Waals surface area contributed by atoms with E-state index in [1.165, 1.54) is 12.1 Å². The highest BCUT2D eigenvalue weighted by Crippen LogP contribution is 2.44. The molecule has 2 aliphatic carbocycles. The minimum atomic E-state index is -0.807. The Morgan fingerprint density at radius 2 is 1.80 bits per heavy atom. The first-order valence-corrected chi connectivity index (χ1v) is 10.5. The lowest BCUT2D eigenvalue weighted by molar-refractivity contribution is -0.0650. The highest BCUT2D eigenvalue weighted by Gasteiger charge is 2.42. The summed E-state index contributed by atoms with van der Waals surface area (Å²) in [5.41, 5.74) is 2.23. The van der Waals surface area contributed by atoms with Crippen LogP contribution < -0.4 is 4.74 Å². The molecule has 0 radical (unpaired) electrons. The van der Waals surface area contributed by atoms with Crippen LogP contribution in [0.1, 0.15) is 55.0 Å². The van der Waals surface area contributed by atoms with Gasteiger partial charge in [0.25, 0.3) is 0 Å². The summed E-state index contributed by atoms with van der Waals surface area (Å²) in [4.78, 5) is 0. The third-order valence-corrected chi connectivity index (χ3v) is 6.64. The minimum absolute atomic E-state index is 0.0657. The molecule has 30 heavy (non-hydrogen) atoms. The second kappa shape index (κ2) is 7.30. The van der Waals surface area contributed by atoms with Crippen molar-refractivity contribution in [2.75, 3.05) is 7.11 Å². The maximum atomic E-state index is 13.5. The fourth-order valence-corrected chi connectivity index (χ4v) is 4.61. The van der Waals surface area contributed by atoms with Crippen molar-refractivity contribution in [2.45, 2.75) is 62.8 Å². The summed E-state index contributed by atoms with van der Waals surface area (Å²) in [5, 5.41) is 8.47. The molecule has 0 unspecified atom stereocenters. The lowest BCUT2D eigenvalue weighted by Crippen LogP contribution is -2.37.